The molecule has 4 N–H and O–H groups in total. The van der Waals surface area contributed by atoms with Crippen LogP contribution in [0.2, 0.25) is 0 Å². The van der Waals surface area contributed by atoms with Crippen LogP contribution < -0.4 is 27.1 Å². The number of ether oxygens (including phenoxy) is 2. The van der Waals surface area contributed by atoms with E-state index >= 15 is 0 Å². The second-order valence-electron chi connectivity index (χ2n) is 8.69. The van der Waals surface area contributed by atoms with E-state index in [0.717, 1.165) is 0 Å². The molecule has 0 radical (unpaired) electrons. The molecule has 1 aliphatic rings. The molecule has 1 fully saturated rings. The summed E-state index contributed by atoms with van der Waals surface area (Å²) in [6.45, 7) is 1.26. The van der Waals surface area contributed by atoms with E-state index in [2.05, 4.69) is 15.0 Å². The van der Waals surface area contributed by atoms with Gasteiger partial charge in [-0.3, -0.25) is 19.1 Å². The molecule has 3 heterocycles. The summed E-state index contributed by atoms with van der Waals surface area (Å²) in [5.41, 5.74) is 15.3. The lowest BCUT2D eigenvalue weighted by atomic mass is 10.1. The number of hydrogen-bond donors (Lipinski definition) is 3. The molecule has 5 rings (SSSR count). The fraction of sp³-hybridized carbons (Fsp3) is 0.269. The Kier molecular flexibility index (Phi) is 8.15. The molecule has 202 valence electrons. The number of aromatic amines is 1. The number of rotatable bonds is 5. The van der Waals surface area contributed by atoms with E-state index in [-0.39, 0.29) is 18.5 Å². The second kappa shape index (κ2) is 11.7. The van der Waals surface area contributed by atoms with Crippen LogP contribution in [0, 0.1) is 6.92 Å². The molecule has 13 nitrogen and oxygen atoms in total. The number of benzene rings is 2. The number of nitrogens with one attached hydrogen (secondary N) is 1. The fourth-order valence-corrected chi connectivity index (χ4v) is 4.21. The largest absolute Gasteiger partial charge is 0.495 e. The highest BCUT2D eigenvalue weighted by atomic mass is 16.5. The molecule has 39 heavy (non-hydrogen) atoms. The highest BCUT2D eigenvalue weighted by Gasteiger charge is 2.35. The Labute approximate surface area is 220 Å². The number of aryl methyl sites for hydroxylation is 1. The number of H-pyrrole nitrogens is 1. The summed E-state index contributed by atoms with van der Waals surface area (Å²) in [4.78, 5) is 39.9. The van der Waals surface area contributed by atoms with Crippen molar-refractivity contribution in [2.75, 3.05) is 19.5 Å². The van der Waals surface area contributed by atoms with Gasteiger partial charge in [0.1, 0.15) is 23.3 Å². The van der Waals surface area contributed by atoms with Crippen molar-refractivity contribution < 1.29 is 19.0 Å². The first kappa shape index (κ1) is 27.2. The van der Waals surface area contributed by atoms with Crippen molar-refractivity contribution in [3.05, 3.63) is 102 Å². The summed E-state index contributed by atoms with van der Waals surface area (Å²) < 4.78 is 17.6. The first-order valence-electron chi connectivity index (χ1n) is 11.9. The minimum atomic E-state index is -0.671. The Hall–Kier alpha value is -4.84. The number of aliphatic hydroxyl groups is 1. The number of methoxy groups -OCH3 is 1. The zero-order chi connectivity index (χ0) is 28.1. The predicted octanol–water partition coefficient (Wildman–Crippen LogP) is 2.85. The zero-order valence-corrected chi connectivity index (χ0v) is 21.1. The molecule has 0 unspecified atom stereocenters. The molecule has 0 aliphatic carbocycles. The highest BCUT2D eigenvalue weighted by molar-refractivity contribution is 5.82. The van der Waals surface area contributed by atoms with Crippen LogP contribution in [0.3, 0.4) is 0 Å². The minimum Gasteiger partial charge on any atom is -0.495 e. The summed E-state index contributed by atoms with van der Waals surface area (Å²) in [5, 5.41) is 13.2. The summed E-state index contributed by atoms with van der Waals surface area (Å²) in [5.74, 6) is 0.989. The topological polar surface area (TPSA) is 199 Å². The lowest BCUT2D eigenvalue weighted by molar-refractivity contribution is -0.0271. The van der Waals surface area contributed by atoms with Crippen LogP contribution in [0.15, 0.2) is 78.6 Å². The van der Waals surface area contributed by atoms with Crippen LogP contribution in [0.1, 0.15) is 18.2 Å². The number of nitrogens with zero attached hydrogens (tertiary/aromatic N) is 4. The third-order valence-electron chi connectivity index (χ3n) is 6.23. The molecule has 0 saturated carbocycles. The molecule has 2 aromatic heterocycles. The maximum Gasteiger partial charge on any atom is 0.330 e. The average Bonchev–Trinajstić information content (AvgIpc) is 3.34. The Bertz CT molecular complexity index is 1720. The Morgan fingerprint density at radius 2 is 2.00 bits per heavy atom. The van der Waals surface area contributed by atoms with Crippen molar-refractivity contribution in [2.24, 2.45) is 5.11 Å². The lowest BCUT2D eigenvalue weighted by Gasteiger charge is -2.14. The van der Waals surface area contributed by atoms with Gasteiger partial charge in [0.15, 0.2) is 5.43 Å². The number of para-hydroxylation sites is 2. The number of fused-ring (bicyclic) bond motifs is 1. The molecule has 1 saturated heterocycles. The quantitative estimate of drug-likeness (QED) is 0.150. The van der Waals surface area contributed by atoms with Gasteiger partial charge >= 0.3 is 5.69 Å². The van der Waals surface area contributed by atoms with E-state index in [4.69, 9.17) is 30.3 Å². The van der Waals surface area contributed by atoms with Crippen LogP contribution in [0.5, 0.6) is 5.75 Å². The number of azide groups is 1. The van der Waals surface area contributed by atoms with Crippen molar-refractivity contribution in [1.82, 2.24) is 9.55 Å². The third kappa shape index (κ3) is 5.70. The maximum atomic E-state index is 12.1. The first-order valence-corrected chi connectivity index (χ1v) is 11.9. The van der Waals surface area contributed by atoms with Gasteiger partial charge in [-0.15, -0.1) is 0 Å². The number of aliphatic hydroxyl groups excluding tert-OH is 1. The summed E-state index contributed by atoms with van der Waals surface area (Å²) >= 11 is 0. The number of aromatic nitrogens is 2. The van der Waals surface area contributed by atoms with E-state index in [1.165, 1.54) is 16.8 Å². The van der Waals surface area contributed by atoms with Crippen LogP contribution in [-0.2, 0) is 4.74 Å². The van der Waals surface area contributed by atoms with Crippen molar-refractivity contribution in [1.29, 1.82) is 0 Å². The van der Waals surface area contributed by atoms with E-state index in [1.807, 2.05) is 6.07 Å². The second-order valence-corrected chi connectivity index (χ2v) is 8.69. The molecular formula is C26H26N6O7. The van der Waals surface area contributed by atoms with Crippen molar-refractivity contribution in [3.63, 3.8) is 0 Å². The minimum absolute atomic E-state index is 0.0935. The van der Waals surface area contributed by atoms with E-state index in [0.29, 0.717) is 39.3 Å². The van der Waals surface area contributed by atoms with Gasteiger partial charge in [0.2, 0.25) is 0 Å². The van der Waals surface area contributed by atoms with E-state index in [9.17, 15) is 14.4 Å². The number of anilines is 1. The monoisotopic (exact) mass is 534 g/mol. The van der Waals surface area contributed by atoms with Crippen molar-refractivity contribution in [2.45, 2.75) is 31.7 Å². The van der Waals surface area contributed by atoms with E-state index in [1.54, 1.807) is 50.4 Å². The smallest absolute Gasteiger partial charge is 0.330 e. The average molecular weight is 535 g/mol. The van der Waals surface area contributed by atoms with Gasteiger partial charge in [-0.2, -0.15) is 0 Å². The Morgan fingerprint density at radius 3 is 2.72 bits per heavy atom. The molecule has 1 aliphatic heterocycles. The molecule has 2 aromatic carbocycles. The summed E-state index contributed by atoms with van der Waals surface area (Å²) in [6, 6.07) is 13.4. The summed E-state index contributed by atoms with van der Waals surface area (Å²) in [7, 11) is 1.55. The van der Waals surface area contributed by atoms with Crippen LogP contribution in [0.4, 0.5) is 5.69 Å². The molecule has 3 atom stereocenters. The van der Waals surface area contributed by atoms with E-state index < -0.39 is 29.6 Å². The SMILES string of the molecule is COc1cccc(-c2cc(=O)c3ccccc3o2)c1N.Cc1cn([C@H]2C[C@H](N=[N+]=[N-])[C@@H](CO)O2)c(=O)[nH]c1=O. The summed E-state index contributed by atoms with van der Waals surface area (Å²) in [6.07, 6.45) is 0.329. The van der Waals surface area contributed by atoms with Crippen LogP contribution >= 0.6 is 0 Å². The fourth-order valence-electron chi connectivity index (χ4n) is 4.21. The lowest BCUT2D eigenvalue weighted by Crippen LogP contribution is -2.33. The third-order valence-corrected chi connectivity index (χ3v) is 6.23. The molecule has 0 amide bonds. The van der Waals surface area contributed by atoms with Crippen molar-refractivity contribution in [3.8, 4) is 17.1 Å². The number of hydrogen-bond acceptors (Lipinski definition) is 9. The zero-order valence-electron chi connectivity index (χ0n) is 21.1. The normalized spacial score (nSPS) is 18.2. The predicted molar refractivity (Wildman–Crippen MR) is 143 cm³/mol. The van der Waals surface area contributed by atoms with Gasteiger partial charge in [0, 0.05) is 34.7 Å². The Balaban J connectivity index is 0.000000181. The van der Waals surface area contributed by atoms with Gasteiger partial charge in [-0.25, -0.2) is 4.79 Å². The van der Waals surface area contributed by atoms with Gasteiger partial charge in [-0.1, -0.05) is 23.3 Å². The maximum absolute atomic E-state index is 12.1. The molecule has 0 spiro atoms. The number of nitrogens with two attached hydrogens (primary N) is 1. The first-order chi connectivity index (χ1) is 18.8. The van der Waals surface area contributed by atoms with Crippen LogP contribution in [0.25, 0.3) is 32.7 Å². The molecule has 0 bridgehead atoms. The van der Waals surface area contributed by atoms with Gasteiger partial charge in [0.05, 0.1) is 36.9 Å². The molecule has 4 aromatic rings. The number of nitrogen functional groups attached to an aromatic ring is 1. The standard InChI is InChI=1S/C16H13NO3.C10H13N5O4/c1-19-14-8-4-6-11(16(14)17)15-9-12(18)10-5-2-3-7-13(10)20-15;1-5-3-15(10(18)12-9(5)17)8-2-6(13-14-11)7(4-16)19-8/h2-9H,17H2,1H3;3,6-8,16H,2,4H2,1H3,(H,12,17,18)/t;6-,7+,8+/m.0/s1. The Morgan fingerprint density at radius 1 is 1.23 bits per heavy atom. The molecule has 13 heteroatoms. The van der Waals surface area contributed by atoms with Crippen LogP contribution in [-0.4, -0.2) is 40.5 Å². The van der Waals surface area contributed by atoms with Gasteiger partial charge in [-0.05, 0) is 36.7 Å². The van der Waals surface area contributed by atoms with Crippen molar-refractivity contribution >= 4 is 16.7 Å². The molecular weight excluding hydrogens is 508 g/mol. The highest BCUT2D eigenvalue weighted by Crippen LogP contribution is 2.33. The van der Waals surface area contributed by atoms with Gasteiger partial charge < -0.3 is 24.7 Å². The van der Waals surface area contributed by atoms with Gasteiger partial charge in [0.25, 0.3) is 5.56 Å².